The van der Waals surface area contributed by atoms with Gasteiger partial charge in [0.1, 0.15) is 17.4 Å². The third-order valence-electron chi connectivity index (χ3n) is 3.94. The van der Waals surface area contributed by atoms with E-state index in [1.807, 2.05) is 0 Å². The monoisotopic (exact) mass is 387 g/mol. The standard InChI is InChI=1S/C20H19F2N3O3/c1-2-3-4-11-27-15-8-5-13(6-9-15)18(26)23-20-25-24-19(28-20)16-10-7-14(21)12-17(16)22/h5-10,12H,2-4,11H2,1H3,(H,23,25,26). The number of nitrogens with one attached hydrogen (secondary N) is 1. The van der Waals surface area contributed by atoms with Gasteiger partial charge in [0.2, 0.25) is 0 Å². The van der Waals surface area contributed by atoms with E-state index in [-0.39, 0.29) is 17.5 Å². The molecule has 6 nitrogen and oxygen atoms in total. The summed E-state index contributed by atoms with van der Waals surface area (Å²) in [6, 6.07) is 9.41. The lowest BCUT2D eigenvalue weighted by Gasteiger charge is -2.06. The van der Waals surface area contributed by atoms with Crippen LogP contribution in [0.25, 0.3) is 11.5 Å². The molecule has 1 N–H and O–H groups in total. The predicted octanol–water partition coefficient (Wildman–Crippen LogP) is 4.84. The van der Waals surface area contributed by atoms with Crippen LogP contribution in [0.5, 0.6) is 5.75 Å². The van der Waals surface area contributed by atoms with Crippen molar-refractivity contribution in [3.05, 3.63) is 59.7 Å². The smallest absolute Gasteiger partial charge is 0.322 e. The molecule has 0 aliphatic rings. The first-order valence-corrected chi connectivity index (χ1v) is 8.90. The zero-order valence-electron chi connectivity index (χ0n) is 15.2. The largest absolute Gasteiger partial charge is 0.494 e. The fourth-order valence-electron chi connectivity index (χ4n) is 2.46. The summed E-state index contributed by atoms with van der Waals surface area (Å²) in [4.78, 5) is 12.3. The predicted molar refractivity (Wildman–Crippen MR) is 99.1 cm³/mol. The Morgan fingerprint density at radius 2 is 1.89 bits per heavy atom. The second kappa shape index (κ2) is 9.07. The lowest BCUT2D eigenvalue weighted by Crippen LogP contribution is -2.12. The van der Waals surface area contributed by atoms with E-state index in [1.165, 1.54) is 6.07 Å². The maximum atomic E-state index is 13.8. The highest BCUT2D eigenvalue weighted by molar-refractivity contribution is 6.03. The molecule has 0 spiro atoms. The van der Waals surface area contributed by atoms with Gasteiger partial charge >= 0.3 is 6.01 Å². The number of unbranched alkanes of at least 4 members (excludes halogenated alkanes) is 2. The van der Waals surface area contributed by atoms with Gasteiger partial charge in [0.05, 0.1) is 12.2 Å². The van der Waals surface area contributed by atoms with Crippen molar-refractivity contribution in [3.8, 4) is 17.2 Å². The molecule has 8 heteroatoms. The van der Waals surface area contributed by atoms with E-state index in [2.05, 4.69) is 22.4 Å². The Labute approximate surface area is 160 Å². The minimum Gasteiger partial charge on any atom is -0.494 e. The van der Waals surface area contributed by atoms with E-state index in [0.717, 1.165) is 25.3 Å². The first kappa shape index (κ1) is 19.5. The maximum Gasteiger partial charge on any atom is 0.322 e. The van der Waals surface area contributed by atoms with Crippen LogP contribution < -0.4 is 10.1 Å². The summed E-state index contributed by atoms with van der Waals surface area (Å²) in [5.41, 5.74) is 0.313. The van der Waals surface area contributed by atoms with Gasteiger partial charge < -0.3 is 9.15 Å². The molecular weight excluding hydrogens is 368 g/mol. The Hall–Kier alpha value is -3.29. The molecule has 0 unspecified atom stereocenters. The maximum absolute atomic E-state index is 13.8. The van der Waals surface area contributed by atoms with E-state index >= 15 is 0 Å². The van der Waals surface area contributed by atoms with Crippen molar-refractivity contribution in [2.24, 2.45) is 0 Å². The van der Waals surface area contributed by atoms with Crippen molar-refractivity contribution in [1.82, 2.24) is 10.2 Å². The molecule has 1 heterocycles. The average Bonchev–Trinajstić information content (AvgIpc) is 3.14. The fourth-order valence-corrected chi connectivity index (χ4v) is 2.46. The van der Waals surface area contributed by atoms with Crippen LogP contribution in [0.4, 0.5) is 14.8 Å². The van der Waals surface area contributed by atoms with Gasteiger partial charge in [0.15, 0.2) is 0 Å². The number of hydrogen-bond acceptors (Lipinski definition) is 5. The number of rotatable bonds is 8. The molecule has 0 aliphatic carbocycles. The van der Waals surface area contributed by atoms with Crippen LogP contribution in [-0.2, 0) is 0 Å². The molecule has 0 atom stereocenters. The van der Waals surface area contributed by atoms with E-state index in [4.69, 9.17) is 9.15 Å². The molecular formula is C20H19F2N3O3. The Morgan fingerprint density at radius 3 is 2.61 bits per heavy atom. The Bertz CT molecular complexity index is 942. The van der Waals surface area contributed by atoms with Crippen molar-refractivity contribution in [2.75, 3.05) is 11.9 Å². The summed E-state index contributed by atoms with van der Waals surface area (Å²) in [6.45, 7) is 2.75. The Morgan fingerprint density at radius 1 is 1.11 bits per heavy atom. The second-order valence-corrected chi connectivity index (χ2v) is 6.07. The minimum atomic E-state index is -0.837. The second-order valence-electron chi connectivity index (χ2n) is 6.07. The molecule has 1 amide bonds. The summed E-state index contributed by atoms with van der Waals surface area (Å²) >= 11 is 0. The van der Waals surface area contributed by atoms with Gasteiger partial charge in [-0.2, -0.15) is 0 Å². The lowest BCUT2D eigenvalue weighted by molar-refractivity contribution is 0.102. The zero-order valence-corrected chi connectivity index (χ0v) is 15.2. The van der Waals surface area contributed by atoms with Crippen LogP contribution in [-0.4, -0.2) is 22.7 Å². The molecule has 0 bridgehead atoms. The van der Waals surface area contributed by atoms with Crippen molar-refractivity contribution in [2.45, 2.75) is 26.2 Å². The molecule has 28 heavy (non-hydrogen) atoms. The number of carbonyl (C=O) groups excluding carboxylic acids is 1. The van der Waals surface area contributed by atoms with Crippen molar-refractivity contribution >= 4 is 11.9 Å². The number of benzene rings is 2. The summed E-state index contributed by atoms with van der Waals surface area (Å²) in [5.74, 6) is -1.50. The number of halogens is 2. The molecule has 0 saturated carbocycles. The third-order valence-corrected chi connectivity index (χ3v) is 3.94. The van der Waals surface area contributed by atoms with Crippen molar-refractivity contribution < 1.29 is 22.7 Å². The van der Waals surface area contributed by atoms with Gasteiger partial charge in [-0.05, 0) is 42.8 Å². The summed E-state index contributed by atoms with van der Waals surface area (Å²) in [7, 11) is 0. The number of amides is 1. The third kappa shape index (κ3) is 4.91. The van der Waals surface area contributed by atoms with E-state index in [9.17, 15) is 13.6 Å². The highest BCUT2D eigenvalue weighted by atomic mass is 19.1. The van der Waals surface area contributed by atoms with Crippen LogP contribution in [0.2, 0.25) is 0 Å². The first-order valence-electron chi connectivity index (χ1n) is 8.90. The molecule has 146 valence electrons. The summed E-state index contributed by atoms with van der Waals surface area (Å²) in [6.07, 6.45) is 3.20. The highest BCUT2D eigenvalue weighted by Gasteiger charge is 2.16. The van der Waals surface area contributed by atoms with Gasteiger partial charge in [-0.25, -0.2) is 8.78 Å². The number of anilines is 1. The van der Waals surface area contributed by atoms with E-state index in [1.54, 1.807) is 24.3 Å². The lowest BCUT2D eigenvalue weighted by atomic mass is 10.2. The molecule has 0 radical (unpaired) electrons. The number of ether oxygens (including phenoxy) is 1. The average molecular weight is 387 g/mol. The van der Waals surface area contributed by atoms with E-state index < -0.39 is 17.5 Å². The van der Waals surface area contributed by atoms with Gasteiger partial charge in [0.25, 0.3) is 11.8 Å². The fraction of sp³-hybridized carbons (Fsp3) is 0.250. The minimum absolute atomic E-state index is 0.0565. The first-order chi connectivity index (χ1) is 13.6. The van der Waals surface area contributed by atoms with Gasteiger partial charge in [-0.3, -0.25) is 10.1 Å². The van der Waals surface area contributed by atoms with Crippen LogP contribution in [0.15, 0.2) is 46.9 Å². The Balaban J connectivity index is 1.61. The zero-order chi connectivity index (χ0) is 19.9. The van der Waals surface area contributed by atoms with Crippen LogP contribution in [0.3, 0.4) is 0 Å². The van der Waals surface area contributed by atoms with Gasteiger partial charge in [-0.15, -0.1) is 5.10 Å². The summed E-state index contributed by atoms with van der Waals surface area (Å²) in [5, 5.41) is 9.78. The van der Waals surface area contributed by atoms with Crippen LogP contribution in [0.1, 0.15) is 36.5 Å². The number of aromatic nitrogens is 2. The molecule has 1 aromatic heterocycles. The highest BCUT2D eigenvalue weighted by Crippen LogP contribution is 2.24. The molecule has 2 aromatic carbocycles. The molecule has 3 aromatic rings. The van der Waals surface area contributed by atoms with Crippen LogP contribution >= 0.6 is 0 Å². The topological polar surface area (TPSA) is 77.2 Å². The normalized spacial score (nSPS) is 10.7. The molecule has 0 aliphatic heterocycles. The number of nitrogens with zero attached hydrogens (tertiary/aromatic N) is 2. The molecule has 3 rings (SSSR count). The summed E-state index contributed by atoms with van der Waals surface area (Å²) < 4.78 is 37.6. The van der Waals surface area contributed by atoms with Crippen LogP contribution in [0, 0.1) is 11.6 Å². The molecule has 0 saturated heterocycles. The van der Waals surface area contributed by atoms with E-state index in [0.29, 0.717) is 24.0 Å². The Kier molecular flexibility index (Phi) is 6.31. The molecule has 0 fully saturated rings. The van der Waals surface area contributed by atoms with Crippen molar-refractivity contribution in [1.29, 1.82) is 0 Å². The quantitative estimate of drug-likeness (QED) is 0.560. The van der Waals surface area contributed by atoms with Crippen molar-refractivity contribution in [3.63, 3.8) is 0 Å². The SMILES string of the molecule is CCCCCOc1ccc(C(=O)Nc2nnc(-c3ccc(F)cc3F)o2)cc1. The number of carbonyl (C=O) groups is 1. The van der Waals surface area contributed by atoms with Gasteiger partial charge in [-0.1, -0.05) is 24.9 Å². The number of hydrogen-bond donors (Lipinski definition) is 1. The van der Waals surface area contributed by atoms with Gasteiger partial charge in [0, 0.05) is 11.6 Å².